The zero-order valence-electron chi connectivity index (χ0n) is 17.9. The fourth-order valence-corrected chi connectivity index (χ4v) is 3.97. The second-order valence-electron chi connectivity index (χ2n) is 9.89. The molecule has 1 aromatic rings. The molecular formula is C19H35N3O3Si. The van der Waals surface area contributed by atoms with E-state index < -0.39 is 19.2 Å². The summed E-state index contributed by atoms with van der Waals surface area (Å²) in [6.07, 6.45) is -0.288. The van der Waals surface area contributed by atoms with E-state index in [-0.39, 0.29) is 6.09 Å². The number of carbonyl (C=O) groups is 1. The van der Waals surface area contributed by atoms with Crippen LogP contribution in [0.4, 0.5) is 4.79 Å². The van der Waals surface area contributed by atoms with E-state index in [1.54, 1.807) is 4.90 Å². The molecule has 1 amide bonds. The van der Waals surface area contributed by atoms with E-state index in [0.717, 1.165) is 29.6 Å². The highest BCUT2D eigenvalue weighted by atomic mass is 28.3. The van der Waals surface area contributed by atoms with E-state index in [0.29, 0.717) is 13.3 Å². The van der Waals surface area contributed by atoms with E-state index in [4.69, 9.17) is 9.47 Å². The lowest BCUT2D eigenvalue weighted by molar-refractivity contribution is 0.00186. The summed E-state index contributed by atoms with van der Waals surface area (Å²) in [5.41, 5.74) is 2.11. The van der Waals surface area contributed by atoms with Crippen molar-refractivity contribution in [1.29, 1.82) is 0 Å². The smallest absolute Gasteiger partial charge is 0.411 e. The predicted octanol–water partition coefficient (Wildman–Crippen LogP) is 4.49. The number of hydrogen-bond donors (Lipinski definition) is 0. The second-order valence-corrected chi connectivity index (χ2v) is 15.5. The van der Waals surface area contributed by atoms with Gasteiger partial charge < -0.3 is 9.47 Å². The van der Waals surface area contributed by atoms with Crippen LogP contribution in [0.15, 0.2) is 0 Å². The molecule has 1 aliphatic rings. The summed E-state index contributed by atoms with van der Waals surface area (Å²) < 4.78 is 13.4. The fourth-order valence-electron chi connectivity index (χ4n) is 3.21. The molecule has 0 fully saturated rings. The molecule has 1 aliphatic heterocycles. The number of rotatable bonds is 5. The van der Waals surface area contributed by atoms with Gasteiger partial charge in [0.15, 0.2) is 0 Å². The molecule has 6 nitrogen and oxygen atoms in total. The minimum Gasteiger partial charge on any atom is -0.444 e. The first kappa shape index (κ1) is 21.0. The number of carbonyl (C=O) groups excluding carboxylic acids is 1. The van der Waals surface area contributed by atoms with Crippen molar-refractivity contribution in [1.82, 2.24) is 14.7 Å². The fraction of sp³-hybridized carbons (Fsp3) is 0.789. The minimum absolute atomic E-state index is 0.288. The molecule has 0 N–H and O–H groups in total. The Balaban J connectivity index is 2.15. The zero-order chi connectivity index (χ0) is 19.9. The molecule has 2 heterocycles. The van der Waals surface area contributed by atoms with Crippen LogP contribution in [0.2, 0.25) is 25.7 Å². The summed E-state index contributed by atoms with van der Waals surface area (Å²) in [6, 6.07) is 1.13. The first-order valence-electron chi connectivity index (χ1n) is 9.37. The van der Waals surface area contributed by atoms with Gasteiger partial charge in [-0.2, -0.15) is 5.10 Å². The molecule has 0 aliphatic carbocycles. The Morgan fingerprint density at radius 1 is 1.27 bits per heavy atom. The number of nitrogens with zero attached hydrogens (tertiary/aromatic N) is 3. The van der Waals surface area contributed by atoms with E-state index in [1.165, 1.54) is 0 Å². The van der Waals surface area contributed by atoms with Crippen LogP contribution in [-0.2, 0) is 28.3 Å². The number of hydrogen-bond acceptors (Lipinski definition) is 4. The number of aryl methyl sites for hydroxylation is 1. The van der Waals surface area contributed by atoms with Crippen molar-refractivity contribution >= 4 is 14.2 Å². The van der Waals surface area contributed by atoms with Crippen molar-refractivity contribution in [2.24, 2.45) is 0 Å². The van der Waals surface area contributed by atoms with E-state index in [1.807, 2.05) is 46.2 Å². The number of fused-ring (bicyclic) bond motifs is 1. The monoisotopic (exact) mass is 381 g/mol. The van der Waals surface area contributed by atoms with Crippen LogP contribution < -0.4 is 0 Å². The van der Waals surface area contributed by atoms with Gasteiger partial charge >= 0.3 is 6.09 Å². The molecule has 26 heavy (non-hydrogen) atoms. The highest BCUT2D eigenvalue weighted by Gasteiger charge is 2.46. The molecule has 0 atom stereocenters. The summed E-state index contributed by atoms with van der Waals surface area (Å²) in [7, 11) is -1.11. The van der Waals surface area contributed by atoms with E-state index >= 15 is 0 Å². The molecule has 0 aromatic carbocycles. The third kappa shape index (κ3) is 4.68. The van der Waals surface area contributed by atoms with Gasteiger partial charge in [0, 0.05) is 20.2 Å². The minimum atomic E-state index is -1.11. The lowest BCUT2D eigenvalue weighted by Crippen LogP contribution is -2.44. The second kappa shape index (κ2) is 7.00. The van der Waals surface area contributed by atoms with Crippen LogP contribution >= 0.6 is 0 Å². The third-order valence-electron chi connectivity index (χ3n) is 4.65. The summed E-state index contributed by atoms with van der Waals surface area (Å²) >= 11 is 0. The highest BCUT2D eigenvalue weighted by Crippen LogP contribution is 2.41. The number of ether oxygens (including phenoxy) is 2. The summed E-state index contributed by atoms with van der Waals surface area (Å²) in [5, 5.41) is 4.65. The lowest BCUT2D eigenvalue weighted by atomic mass is 10.0. The van der Waals surface area contributed by atoms with Crippen molar-refractivity contribution < 1.29 is 14.3 Å². The molecule has 0 spiro atoms. The van der Waals surface area contributed by atoms with Crippen molar-refractivity contribution in [3.8, 4) is 0 Å². The van der Waals surface area contributed by atoms with Gasteiger partial charge in [0.05, 0.1) is 23.5 Å². The third-order valence-corrected chi connectivity index (χ3v) is 6.35. The van der Waals surface area contributed by atoms with E-state index in [9.17, 15) is 4.79 Å². The number of aromatic nitrogens is 2. The van der Waals surface area contributed by atoms with Gasteiger partial charge in [-0.25, -0.2) is 9.48 Å². The van der Waals surface area contributed by atoms with Crippen molar-refractivity contribution in [2.45, 2.75) is 91.6 Å². The maximum absolute atomic E-state index is 12.7. The maximum Gasteiger partial charge on any atom is 0.411 e. The molecule has 0 saturated heterocycles. The van der Waals surface area contributed by atoms with Crippen molar-refractivity contribution in [3.63, 3.8) is 0 Å². The van der Waals surface area contributed by atoms with Crippen LogP contribution in [0.3, 0.4) is 0 Å². The van der Waals surface area contributed by atoms with Crippen LogP contribution in [0.5, 0.6) is 0 Å². The first-order valence-corrected chi connectivity index (χ1v) is 13.1. The Bertz CT molecular complexity index is 669. The van der Waals surface area contributed by atoms with Crippen LogP contribution in [0.25, 0.3) is 0 Å². The summed E-state index contributed by atoms with van der Waals surface area (Å²) in [6.45, 7) is 20.5. The Morgan fingerprint density at radius 2 is 1.88 bits per heavy atom. The average Bonchev–Trinajstić information content (AvgIpc) is 2.88. The first-order chi connectivity index (χ1) is 11.7. The average molecular weight is 382 g/mol. The predicted molar refractivity (Wildman–Crippen MR) is 106 cm³/mol. The lowest BCUT2D eigenvalue weighted by Gasteiger charge is -2.34. The van der Waals surface area contributed by atoms with Gasteiger partial charge in [-0.15, -0.1) is 0 Å². The van der Waals surface area contributed by atoms with Crippen molar-refractivity contribution in [2.75, 3.05) is 6.61 Å². The van der Waals surface area contributed by atoms with Gasteiger partial charge in [-0.1, -0.05) is 19.6 Å². The maximum atomic E-state index is 12.7. The van der Waals surface area contributed by atoms with Crippen LogP contribution in [0, 0.1) is 6.92 Å². The molecule has 0 bridgehead atoms. The standard InChI is InChI=1S/C19H35N3O3Si/c1-14-15-12-21(17(23)25-18(2,3)4)19(5,6)16(15)22(20-14)13-24-10-11-26(7,8)9/h10-13H2,1-9H3. The van der Waals surface area contributed by atoms with Crippen LogP contribution in [-0.4, -0.2) is 41.1 Å². The van der Waals surface area contributed by atoms with E-state index in [2.05, 4.69) is 24.7 Å². The summed E-state index contributed by atoms with van der Waals surface area (Å²) in [4.78, 5) is 14.5. The molecule has 148 valence electrons. The molecule has 2 rings (SSSR count). The SMILES string of the molecule is Cc1nn(COCC[Si](C)(C)C)c2c1CN(C(=O)OC(C)(C)C)C2(C)C. The Labute approximate surface area is 158 Å². The number of amides is 1. The Morgan fingerprint density at radius 3 is 2.42 bits per heavy atom. The normalized spacial score (nSPS) is 16.7. The molecule has 7 heteroatoms. The Hall–Kier alpha value is -1.34. The van der Waals surface area contributed by atoms with Gasteiger partial charge in [-0.3, -0.25) is 4.90 Å². The van der Waals surface area contributed by atoms with Gasteiger partial charge in [0.2, 0.25) is 0 Å². The molecular weight excluding hydrogens is 346 g/mol. The van der Waals surface area contributed by atoms with Crippen molar-refractivity contribution in [3.05, 3.63) is 17.0 Å². The van der Waals surface area contributed by atoms with Crippen LogP contribution in [0.1, 0.15) is 51.6 Å². The summed E-state index contributed by atoms with van der Waals surface area (Å²) in [5.74, 6) is 0. The topological polar surface area (TPSA) is 56.6 Å². The van der Waals surface area contributed by atoms with Gasteiger partial charge in [0.1, 0.15) is 12.3 Å². The molecule has 0 unspecified atom stereocenters. The van der Waals surface area contributed by atoms with Gasteiger partial charge in [-0.05, 0) is 47.6 Å². The zero-order valence-corrected chi connectivity index (χ0v) is 18.9. The molecule has 1 aromatic heterocycles. The molecule has 0 saturated carbocycles. The molecule has 0 radical (unpaired) electrons. The highest BCUT2D eigenvalue weighted by molar-refractivity contribution is 6.76. The largest absolute Gasteiger partial charge is 0.444 e. The quantitative estimate of drug-likeness (QED) is 0.557. The Kier molecular flexibility index (Phi) is 5.64. The van der Waals surface area contributed by atoms with Gasteiger partial charge in [0.25, 0.3) is 0 Å².